The summed E-state index contributed by atoms with van der Waals surface area (Å²) in [7, 11) is 0. The molecule has 6 nitrogen and oxygen atoms in total. The average molecular weight is 408 g/mol. The van der Waals surface area contributed by atoms with Gasteiger partial charge in [0.1, 0.15) is 29.1 Å². The Balaban J connectivity index is 1.22. The Bertz CT molecular complexity index is 1050. The number of nitrogens with zero attached hydrogens (tertiary/aromatic N) is 4. The van der Waals surface area contributed by atoms with E-state index in [1.165, 1.54) is 23.3 Å². The number of amides is 1. The maximum atomic E-state index is 13.6. The van der Waals surface area contributed by atoms with Crippen molar-refractivity contribution in [2.75, 3.05) is 6.61 Å². The van der Waals surface area contributed by atoms with E-state index >= 15 is 0 Å². The molecule has 0 N–H and O–H groups in total. The van der Waals surface area contributed by atoms with Gasteiger partial charge in [0, 0.05) is 24.1 Å². The summed E-state index contributed by atoms with van der Waals surface area (Å²) in [5, 5.41) is 14.4. The quantitative estimate of drug-likeness (QED) is 0.755. The zero-order chi connectivity index (χ0) is 20.9. The summed E-state index contributed by atoms with van der Waals surface area (Å²) in [5.74, 6) is -0.823. The Kier molecular flexibility index (Phi) is 4.10. The zero-order valence-electron chi connectivity index (χ0n) is 16.0. The van der Waals surface area contributed by atoms with Crippen LogP contribution in [0.3, 0.4) is 0 Å². The van der Waals surface area contributed by atoms with Crippen LogP contribution in [0.5, 0.6) is 5.75 Å². The summed E-state index contributed by atoms with van der Waals surface area (Å²) in [6, 6.07) is 8.12. The molecule has 0 spiro atoms. The molecule has 1 atom stereocenters. The average Bonchev–Trinajstić information content (AvgIpc) is 3.15. The Morgan fingerprint density at radius 1 is 1.23 bits per heavy atom. The van der Waals surface area contributed by atoms with Crippen LogP contribution < -0.4 is 4.74 Å². The Morgan fingerprint density at radius 3 is 2.60 bits per heavy atom. The highest BCUT2D eigenvalue weighted by molar-refractivity contribution is 5.88. The number of ether oxygens (including phenoxy) is 1. The number of pyridine rings is 1. The second kappa shape index (κ2) is 6.59. The molecule has 2 heterocycles. The van der Waals surface area contributed by atoms with E-state index in [0.717, 1.165) is 6.07 Å². The number of hydrogen-bond acceptors (Lipinski definition) is 5. The Labute approximate surface area is 171 Å². The molecule has 6 rings (SSSR count). The van der Waals surface area contributed by atoms with E-state index in [-0.39, 0.29) is 11.3 Å². The van der Waals surface area contributed by atoms with Crippen LogP contribution in [0.25, 0.3) is 0 Å². The lowest BCUT2D eigenvalue weighted by molar-refractivity contribution is -0.226. The molecule has 3 saturated carbocycles. The molecule has 0 saturated heterocycles. The minimum atomic E-state index is -0.664. The first-order chi connectivity index (χ1) is 14.4. The predicted molar refractivity (Wildman–Crippen MR) is 102 cm³/mol. The maximum Gasteiger partial charge on any atom is 0.249 e. The molecule has 0 radical (unpaired) electrons. The highest BCUT2D eigenvalue weighted by Gasteiger charge is 2.72. The molecule has 3 aliphatic carbocycles. The number of benzene rings is 1. The minimum Gasteiger partial charge on any atom is -0.491 e. The maximum absolute atomic E-state index is 13.6. The van der Waals surface area contributed by atoms with Crippen molar-refractivity contribution in [3.05, 3.63) is 59.4 Å². The molecule has 2 aromatic rings. The van der Waals surface area contributed by atoms with E-state index in [2.05, 4.69) is 10.1 Å². The summed E-state index contributed by atoms with van der Waals surface area (Å²) in [6.45, 7) is 0.484. The second-order valence-electron chi connectivity index (χ2n) is 8.49. The second-order valence-corrected chi connectivity index (χ2v) is 8.49. The number of aromatic nitrogens is 1. The molecule has 4 aliphatic rings. The summed E-state index contributed by atoms with van der Waals surface area (Å²) in [4.78, 5) is 17.2. The summed E-state index contributed by atoms with van der Waals surface area (Å²) in [5.41, 5.74) is 0.249. The zero-order valence-corrected chi connectivity index (χ0v) is 16.0. The molecular weight excluding hydrogens is 390 g/mol. The van der Waals surface area contributed by atoms with Crippen molar-refractivity contribution in [2.24, 2.45) is 15.9 Å². The Hall–Kier alpha value is -3.34. The number of halogens is 2. The number of hydrogen-bond donors (Lipinski definition) is 0. The van der Waals surface area contributed by atoms with Gasteiger partial charge < -0.3 is 4.74 Å². The fraction of sp³-hybridized carbons (Fsp3) is 0.364. The topological polar surface area (TPSA) is 78.6 Å². The van der Waals surface area contributed by atoms with Gasteiger partial charge in [0.2, 0.25) is 5.91 Å². The van der Waals surface area contributed by atoms with Crippen LogP contribution >= 0.6 is 0 Å². The van der Waals surface area contributed by atoms with Crippen molar-refractivity contribution in [3.8, 4) is 11.8 Å². The van der Waals surface area contributed by atoms with Crippen LogP contribution in [0.1, 0.15) is 43.0 Å². The van der Waals surface area contributed by atoms with Gasteiger partial charge in [-0.2, -0.15) is 10.4 Å². The molecule has 8 heteroatoms. The van der Waals surface area contributed by atoms with Crippen molar-refractivity contribution >= 4 is 12.1 Å². The van der Waals surface area contributed by atoms with Gasteiger partial charge in [-0.05, 0) is 49.1 Å². The highest BCUT2D eigenvalue weighted by Crippen LogP contribution is 2.74. The summed E-state index contributed by atoms with van der Waals surface area (Å²) >= 11 is 0. The van der Waals surface area contributed by atoms with Crippen LogP contribution in [-0.4, -0.2) is 28.7 Å². The van der Waals surface area contributed by atoms with Crippen molar-refractivity contribution < 1.29 is 18.3 Å². The molecule has 1 aromatic carbocycles. The van der Waals surface area contributed by atoms with Gasteiger partial charge >= 0.3 is 0 Å². The minimum absolute atomic E-state index is 0.0343. The standard InChI is InChI=1S/C22H18F2N4O2/c23-15-5-14(6-16(24)7-15)19-3-4-27-28(19)20(29)22-10-21(11-22,12-22)13-30-18-2-1-17(8-25)26-9-18/h1-2,4-7,9,19H,3,10-13H2. The van der Waals surface area contributed by atoms with E-state index < -0.39 is 23.1 Å². The third kappa shape index (κ3) is 2.93. The fourth-order valence-corrected chi connectivity index (χ4v) is 5.04. The van der Waals surface area contributed by atoms with Crippen LogP contribution in [0, 0.1) is 33.8 Å². The SMILES string of the molecule is N#Cc1ccc(OCC23CC(C(=O)N4N=CCC4c4cc(F)cc(F)c4)(C2)C3)cn1. The highest BCUT2D eigenvalue weighted by atomic mass is 19.1. The monoisotopic (exact) mass is 408 g/mol. The third-order valence-corrected chi connectivity index (χ3v) is 6.30. The number of rotatable bonds is 5. The predicted octanol–water partition coefficient (Wildman–Crippen LogP) is 3.74. The van der Waals surface area contributed by atoms with E-state index in [9.17, 15) is 13.6 Å². The number of carbonyl (C=O) groups excluding carboxylic acids is 1. The molecule has 152 valence electrons. The van der Waals surface area contributed by atoms with E-state index in [1.54, 1.807) is 18.3 Å². The molecule has 2 bridgehead atoms. The molecule has 1 amide bonds. The molecule has 1 aliphatic heterocycles. The summed E-state index contributed by atoms with van der Waals surface area (Å²) < 4.78 is 33.1. The van der Waals surface area contributed by atoms with E-state index in [4.69, 9.17) is 10.00 Å². The first-order valence-electron chi connectivity index (χ1n) is 9.73. The normalized spacial score (nSPS) is 28.4. The molecular formula is C22H18F2N4O2. The van der Waals surface area contributed by atoms with Crippen molar-refractivity contribution in [3.63, 3.8) is 0 Å². The first kappa shape index (κ1) is 18.7. The van der Waals surface area contributed by atoms with Crippen LogP contribution in [0.2, 0.25) is 0 Å². The van der Waals surface area contributed by atoms with Gasteiger partial charge in [0.15, 0.2) is 0 Å². The van der Waals surface area contributed by atoms with E-state index in [1.807, 2.05) is 6.07 Å². The summed E-state index contributed by atoms with van der Waals surface area (Å²) in [6.07, 6.45) is 5.70. The lowest BCUT2D eigenvalue weighted by atomic mass is 9.35. The largest absolute Gasteiger partial charge is 0.491 e. The lowest BCUT2D eigenvalue weighted by Crippen LogP contribution is -2.69. The van der Waals surface area contributed by atoms with Gasteiger partial charge in [0.05, 0.1) is 24.3 Å². The van der Waals surface area contributed by atoms with Gasteiger partial charge in [-0.1, -0.05) is 0 Å². The molecule has 3 fully saturated rings. The van der Waals surface area contributed by atoms with Crippen LogP contribution in [-0.2, 0) is 4.79 Å². The van der Waals surface area contributed by atoms with Crippen LogP contribution in [0.4, 0.5) is 8.78 Å². The number of nitriles is 1. The molecule has 30 heavy (non-hydrogen) atoms. The number of hydrazone groups is 1. The smallest absolute Gasteiger partial charge is 0.249 e. The molecule has 1 aromatic heterocycles. The first-order valence-corrected chi connectivity index (χ1v) is 9.73. The Morgan fingerprint density at radius 2 is 1.97 bits per heavy atom. The fourth-order valence-electron chi connectivity index (χ4n) is 5.04. The van der Waals surface area contributed by atoms with Crippen molar-refractivity contribution in [2.45, 2.75) is 31.7 Å². The van der Waals surface area contributed by atoms with Gasteiger partial charge in [-0.25, -0.2) is 18.8 Å². The van der Waals surface area contributed by atoms with Gasteiger partial charge in [0.25, 0.3) is 0 Å². The van der Waals surface area contributed by atoms with Crippen molar-refractivity contribution in [1.29, 1.82) is 5.26 Å². The third-order valence-electron chi connectivity index (χ3n) is 6.30. The van der Waals surface area contributed by atoms with Gasteiger partial charge in [-0.15, -0.1) is 0 Å². The van der Waals surface area contributed by atoms with Crippen molar-refractivity contribution in [1.82, 2.24) is 9.99 Å². The van der Waals surface area contributed by atoms with Crippen LogP contribution in [0.15, 0.2) is 41.6 Å². The number of carbonyl (C=O) groups is 1. The van der Waals surface area contributed by atoms with Gasteiger partial charge in [-0.3, -0.25) is 4.79 Å². The molecule has 1 unspecified atom stereocenters. The lowest BCUT2D eigenvalue weighted by Gasteiger charge is -2.69. The van der Waals surface area contributed by atoms with E-state index in [0.29, 0.717) is 49.3 Å².